The molecule has 0 aromatic carbocycles. The van der Waals surface area contributed by atoms with Crippen LogP contribution in [0.25, 0.3) is 10.6 Å². The number of carboxylic acids is 1. The second-order valence-corrected chi connectivity index (χ2v) is 5.03. The molecule has 3 N–H and O–H groups in total. The number of aryl methyl sites for hydroxylation is 1. The molecule has 0 spiro atoms. The fourth-order valence-electron chi connectivity index (χ4n) is 1.37. The van der Waals surface area contributed by atoms with Crippen LogP contribution in [-0.2, 0) is 0 Å². The lowest BCUT2D eigenvalue weighted by atomic mass is 10.2. The fourth-order valence-corrected chi connectivity index (χ4v) is 2.72. The van der Waals surface area contributed by atoms with Crippen molar-refractivity contribution in [2.45, 2.75) is 6.92 Å². The number of halogens is 1. The zero-order valence-corrected chi connectivity index (χ0v) is 10.5. The van der Waals surface area contributed by atoms with E-state index in [1.165, 1.54) is 17.4 Å². The number of pyridine rings is 1. The Bertz CT molecular complexity index is 595. The average Bonchev–Trinajstić information content (AvgIpc) is 2.57. The molecule has 0 unspecified atom stereocenters. The molecule has 0 saturated heterocycles. The number of aromatic nitrogens is 1. The lowest BCUT2D eigenvalue weighted by molar-refractivity contribution is 0.0690. The number of nitrogens with zero attached hydrogens (tertiary/aromatic N) is 1. The molecule has 0 aliphatic heterocycles. The summed E-state index contributed by atoms with van der Waals surface area (Å²) in [5.41, 5.74) is 6.81. The Hall–Kier alpha value is -1.59. The Labute approximate surface area is 107 Å². The molecule has 0 fully saturated rings. The lowest BCUT2D eigenvalue weighted by Gasteiger charge is -1.99. The van der Waals surface area contributed by atoms with Crippen LogP contribution in [0.4, 0.5) is 5.69 Å². The van der Waals surface area contributed by atoms with Gasteiger partial charge in [-0.1, -0.05) is 17.7 Å². The number of hydrogen-bond acceptors (Lipinski definition) is 4. The van der Waals surface area contributed by atoms with Crippen molar-refractivity contribution in [1.29, 1.82) is 0 Å². The maximum absolute atomic E-state index is 10.8. The quantitative estimate of drug-likeness (QED) is 0.878. The highest BCUT2D eigenvalue weighted by molar-refractivity contribution is 7.16. The van der Waals surface area contributed by atoms with E-state index in [-0.39, 0.29) is 5.69 Å². The summed E-state index contributed by atoms with van der Waals surface area (Å²) in [6.45, 7) is 1.86. The summed E-state index contributed by atoms with van der Waals surface area (Å²) in [7, 11) is 0. The zero-order chi connectivity index (χ0) is 12.6. The van der Waals surface area contributed by atoms with E-state index >= 15 is 0 Å². The van der Waals surface area contributed by atoms with E-state index in [0.29, 0.717) is 21.3 Å². The largest absolute Gasteiger partial charge is 0.477 e. The van der Waals surface area contributed by atoms with Gasteiger partial charge in [-0.2, -0.15) is 0 Å². The number of carbonyl (C=O) groups is 1. The van der Waals surface area contributed by atoms with Crippen LogP contribution in [0.15, 0.2) is 18.2 Å². The van der Waals surface area contributed by atoms with Gasteiger partial charge in [-0.05, 0) is 19.1 Å². The number of rotatable bonds is 2. The van der Waals surface area contributed by atoms with Crippen molar-refractivity contribution in [3.05, 3.63) is 33.8 Å². The highest BCUT2D eigenvalue weighted by Gasteiger charge is 2.15. The Kier molecular flexibility index (Phi) is 3.04. The Morgan fingerprint density at radius 2 is 2.24 bits per heavy atom. The summed E-state index contributed by atoms with van der Waals surface area (Å²) >= 11 is 7.48. The molecule has 2 heterocycles. The summed E-state index contributed by atoms with van der Waals surface area (Å²) in [5.74, 6) is -1.07. The highest BCUT2D eigenvalue weighted by Crippen LogP contribution is 2.40. The molecule has 2 aromatic rings. The summed E-state index contributed by atoms with van der Waals surface area (Å²) in [5, 5.41) is 9.30. The molecule has 0 amide bonds. The van der Waals surface area contributed by atoms with Gasteiger partial charge in [-0.15, -0.1) is 11.3 Å². The van der Waals surface area contributed by atoms with Crippen molar-refractivity contribution < 1.29 is 9.90 Å². The molecule has 2 aromatic heterocycles. The van der Waals surface area contributed by atoms with Crippen LogP contribution >= 0.6 is 22.9 Å². The minimum atomic E-state index is -1.07. The Balaban J connectivity index is 2.56. The second-order valence-electron chi connectivity index (χ2n) is 3.43. The molecule has 0 aliphatic rings. The predicted octanol–water partition coefficient (Wildman–Crippen LogP) is 3.05. The SMILES string of the molecule is Cc1sc(-c2cccc(C(=O)O)n2)c(Cl)c1N. The topological polar surface area (TPSA) is 76.2 Å². The van der Waals surface area contributed by atoms with Gasteiger partial charge in [0.1, 0.15) is 5.69 Å². The molecule has 4 nitrogen and oxygen atoms in total. The van der Waals surface area contributed by atoms with Crippen LogP contribution in [0.2, 0.25) is 5.02 Å². The molecular weight excluding hydrogens is 260 g/mol. The van der Waals surface area contributed by atoms with Crippen LogP contribution in [0, 0.1) is 6.92 Å². The average molecular weight is 269 g/mol. The first-order chi connectivity index (χ1) is 8.00. The van der Waals surface area contributed by atoms with Crippen molar-refractivity contribution >= 4 is 34.6 Å². The number of hydrogen-bond donors (Lipinski definition) is 2. The lowest BCUT2D eigenvalue weighted by Crippen LogP contribution is -2.00. The van der Waals surface area contributed by atoms with E-state index in [1.807, 2.05) is 6.92 Å². The molecule has 0 bridgehead atoms. The summed E-state index contributed by atoms with van der Waals surface area (Å²) in [6.07, 6.45) is 0. The van der Waals surface area contributed by atoms with Gasteiger partial charge in [0.25, 0.3) is 0 Å². The predicted molar refractivity (Wildman–Crippen MR) is 68.7 cm³/mol. The molecule has 0 aliphatic carbocycles. The molecule has 0 radical (unpaired) electrons. The van der Waals surface area contributed by atoms with E-state index in [1.54, 1.807) is 12.1 Å². The van der Waals surface area contributed by atoms with E-state index in [0.717, 1.165) is 4.88 Å². The number of aromatic carboxylic acids is 1. The van der Waals surface area contributed by atoms with Crippen molar-refractivity contribution in [1.82, 2.24) is 4.98 Å². The second kappa shape index (κ2) is 4.35. The van der Waals surface area contributed by atoms with Crippen LogP contribution in [-0.4, -0.2) is 16.1 Å². The van der Waals surface area contributed by atoms with Crippen LogP contribution in [0.1, 0.15) is 15.4 Å². The summed E-state index contributed by atoms with van der Waals surface area (Å²) in [4.78, 5) is 16.4. The smallest absolute Gasteiger partial charge is 0.354 e. The van der Waals surface area contributed by atoms with Gasteiger partial charge >= 0.3 is 5.97 Å². The Morgan fingerprint density at radius 1 is 1.53 bits per heavy atom. The number of nitrogens with two attached hydrogens (primary N) is 1. The van der Waals surface area contributed by atoms with Crippen molar-refractivity contribution in [2.24, 2.45) is 0 Å². The first-order valence-corrected chi connectivity index (χ1v) is 5.95. The third-order valence-electron chi connectivity index (χ3n) is 2.27. The number of nitrogen functional groups attached to an aromatic ring is 1. The van der Waals surface area contributed by atoms with Crippen LogP contribution in [0.3, 0.4) is 0 Å². The number of thiophene rings is 1. The fraction of sp³-hybridized carbons (Fsp3) is 0.0909. The minimum Gasteiger partial charge on any atom is -0.477 e. The molecule has 17 heavy (non-hydrogen) atoms. The van der Waals surface area contributed by atoms with Crippen molar-refractivity contribution in [2.75, 3.05) is 5.73 Å². The first-order valence-electron chi connectivity index (χ1n) is 4.75. The van der Waals surface area contributed by atoms with Gasteiger partial charge < -0.3 is 10.8 Å². The molecular formula is C11H9ClN2O2S. The summed E-state index contributed by atoms with van der Waals surface area (Å²) in [6, 6.07) is 4.78. The van der Waals surface area contributed by atoms with Gasteiger partial charge in [0.05, 0.1) is 21.3 Å². The molecule has 2 rings (SSSR count). The van der Waals surface area contributed by atoms with Gasteiger partial charge in [-0.25, -0.2) is 9.78 Å². The normalized spacial score (nSPS) is 10.5. The Morgan fingerprint density at radius 3 is 2.76 bits per heavy atom. The molecule has 0 atom stereocenters. The minimum absolute atomic E-state index is 0.0109. The van der Waals surface area contributed by atoms with E-state index in [4.69, 9.17) is 22.4 Å². The van der Waals surface area contributed by atoms with Gasteiger partial charge in [0.2, 0.25) is 0 Å². The first kappa shape index (κ1) is 11.9. The van der Waals surface area contributed by atoms with Gasteiger partial charge in [0, 0.05) is 4.88 Å². The third-order valence-corrected chi connectivity index (χ3v) is 3.92. The summed E-state index contributed by atoms with van der Waals surface area (Å²) < 4.78 is 0. The monoisotopic (exact) mass is 268 g/mol. The van der Waals surface area contributed by atoms with E-state index < -0.39 is 5.97 Å². The van der Waals surface area contributed by atoms with Crippen LogP contribution < -0.4 is 5.73 Å². The van der Waals surface area contributed by atoms with E-state index in [2.05, 4.69) is 4.98 Å². The maximum Gasteiger partial charge on any atom is 0.354 e. The standard InChI is InChI=1S/C11H9ClN2O2S/c1-5-9(13)8(12)10(17-5)6-3-2-4-7(14-6)11(15)16/h2-4H,13H2,1H3,(H,15,16). The third kappa shape index (κ3) is 2.11. The van der Waals surface area contributed by atoms with Gasteiger partial charge in [-0.3, -0.25) is 0 Å². The highest BCUT2D eigenvalue weighted by atomic mass is 35.5. The molecule has 0 saturated carbocycles. The maximum atomic E-state index is 10.8. The van der Waals surface area contributed by atoms with E-state index in [9.17, 15) is 4.79 Å². The van der Waals surface area contributed by atoms with Crippen molar-refractivity contribution in [3.63, 3.8) is 0 Å². The van der Waals surface area contributed by atoms with Crippen LogP contribution in [0.5, 0.6) is 0 Å². The molecule has 6 heteroatoms. The number of carboxylic acid groups (broad SMARTS) is 1. The van der Waals surface area contributed by atoms with Gasteiger partial charge in [0.15, 0.2) is 0 Å². The van der Waals surface area contributed by atoms with Crippen molar-refractivity contribution in [3.8, 4) is 10.6 Å². The number of anilines is 1. The zero-order valence-electron chi connectivity index (χ0n) is 8.90. The molecule has 88 valence electrons.